The zero-order chi connectivity index (χ0) is 15.3. The fourth-order valence-electron chi connectivity index (χ4n) is 3.07. The average molecular weight is 292 g/mol. The number of nitrogens with two attached hydrogens (primary N) is 1. The number of hydrazine groups is 1. The number of aryl methyl sites for hydroxylation is 1. The van der Waals surface area contributed by atoms with Crippen LogP contribution < -0.4 is 16.6 Å². The molecular weight excluding hydrogens is 264 g/mol. The second-order valence-corrected chi connectivity index (χ2v) is 6.13. The number of hydrogen-bond acceptors (Lipinski definition) is 6. The van der Waals surface area contributed by atoms with E-state index in [0.29, 0.717) is 5.82 Å². The summed E-state index contributed by atoms with van der Waals surface area (Å²) >= 11 is 0. The Morgan fingerprint density at radius 2 is 1.90 bits per heavy atom. The van der Waals surface area contributed by atoms with E-state index in [1.807, 2.05) is 6.07 Å². The molecular formula is C15H28N6. The molecule has 6 heteroatoms. The molecule has 118 valence electrons. The molecule has 0 saturated heterocycles. The molecule has 0 atom stereocenters. The maximum absolute atomic E-state index is 5.50. The maximum Gasteiger partial charge on any atom is 0.145 e. The van der Waals surface area contributed by atoms with Crippen LogP contribution in [0.3, 0.4) is 0 Å². The quantitative estimate of drug-likeness (QED) is 0.527. The van der Waals surface area contributed by atoms with E-state index in [1.165, 1.54) is 25.7 Å². The number of nitrogens with one attached hydrogen (secondary N) is 2. The highest BCUT2D eigenvalue weighted by Gasteiger charge is 2.35. The third kappa shape index (κ3) is 3.83. The molecule has 1 aliphatic rings. The Morgan fingerprint density at radius 1 is 1.24 bits per heavy atom. The number of nitrogen functional groups attached to an aromatic ring is 1. The Kier molecular flexibility index (Phi) is 5.36. The maximum atomic E-state index is 5.50. The highest BCUT2D eigenvalue weighted by Crippen LogP contribution is 2.33. The van der Waals surface area contributed by atoms with Gasteiger partial charge in [0.05, 0.1) is 0 Å². The summed E-state index contributed by atoms with van der Waals surface area (Å²) in [6, 6.07) is 1.87. The first-order valence-corrected chi connectivity index (χ1v) is 7.85. The van der Waals surface area contributed by atoms with Crippen molar-refractivity contribution in [2.24, 2.45) is 5.84 Å². The number of nitrogens with zero attached hydrogens (tertiary/aromatic N) is 3. The largest absolute Gasteiger partial charge is 0.368 e. The first-order valence-electron chi connectivity index (χ1n) is 7.85. The predicted octanol–water partition coefficient (Wildman–Crippen LogP) is 2.00. The lowest BCUT2D eigenvalue weighted by atomic mass is 9.96. The topological polar surface area (TPSA) is 79.1 Å². The van der Waals surface area contributed by atoms with Crippen LogP contribution in [-0.2, 0) is 6.42 Å². The van der Waals surface area contributed by atoms with E-state index in [-0.39, 0.29) is 5.54 Å². The lowest BCUT2D eigenvalue weighted by Crippen LogP contribution is -2.47. The van der Waals surface area contributed by atoms with Crippen LogP contribution in [0, 0.1) is 0 Å². The third-order valence-electron chi connectivity index (χ3n) is 4.48. The third-order valence-corrected chi connectivity index (χ3v) is 4.48. The van der Waals surface area contributed by atoms with Crippen molar-refractivity contribution in [3.8, 4) is 0 Å². The molecule has 0 unspecified atom stereocenters. The van der Waals surface area contributed by atoms with Gasteiger partial charge in [-0.25, -0.2) is 15.8 Å². The number of rotatable bonds is 7. The molecule has 1 aromatic rings. The van der Waals surface area contributed by atoms with Gasteiger partial charge in [-0.05, 0) is 33.4 Å². The summed E-state index contributed by atoms with van der Waals surface area (Å²) in [7, 11) is 4.34. The van der Waals surface area contributed by atoms with Crippen molar-refractivity contribution in [2.45, 2.75) is 51.0 Å². The molecule has 0 aromatic carbocycles. The van der Waals surface area contributed by atoms with Crippen LogP contribution >= 0.6 is 0 Å². The molecule has 2 rings (SSSR count). The number of anilines is 2. The zero-order valence-electron chi connectivity index (χ0n) is 13.4. The summed E-state index contributed by atoms with van der Waals surface area (Å²) in [5, 5.41) is 3.49. The first kappa shape index (κ1) is 16.0. The van der Waals surface area contributed by atoms with Gasteiger partial charge in [-0.1, -0.05) is 19.8 Å². The predicted molar refractivity (Wildman–Crippen MR) is 87.2 cm³/mol. The van der Waals surface area contributed by atoms with Crippen LogP contribution in [-0.4, -0.2) is 41.0 Å². The Labute approximate surface area is 127 Å². The van der Waals surface area contributed by atoms with Crippen LogP contribution in [0.2, 0.25) is 0 Å². The van der Waals surface area contributed by atoms with Crippen LogP contribution in [0.25, 0.3) is 0 Å². The summed E-state index contributed by atoms with van der Waals surface area (Å²) in [6.07, 6.45) is 6.97. The van der Waals surface area contributed by atoms with Gasteiger partial charge in [0.1, 0.15) is 17.5 Å². The monoisotopic (exact) mass is 292 g/mol. The standard InChI is InChI=1S/C15H28N6/c1-4-7-12-18-13(10-14(19-12)20-16)17-11-15(21(2)3)8-5-6-9-15/h10H,4-9,11,16H2,1-3H3,(H2,17,18,19,20). The Hall–Kier alpha value is -1.40. The highest BCUT2D eigenvalue weighted by molar-refractivity contribution is 5.47. The fraction of sp³-hybridized carbons (Fsp3) is 0.733. The SMILES string of the molecule is CCCc1nc(NN)cc(NCC2(N(C)C)CCCC2)n1. The van der Waals surface area contributed by atoms with Gasteiger partial charge in [0, 0.05) is 24.6 Å². The molecule has 6 nitrogen and oxygen atoms in total. The van der Waals surface area contributed by atoms with Gasteiger partial charge in [-0.15, -0.1) is 0 Å². The second-order valence-electron chi connectivity index (χ2n) is 6.13. The van der Waals surface area contributed by atoms with E-state index >= 15 is 0 Å². The molecule has 1 aliphatic carbocycles. The lowest BCUT2D eigenvalue weighted by Gasteiger charge is -2.36. The van der Waals surface area contributed by atoms with Crippen molar-refractivity contribution in [1.82, 2.24) is 14.9 Å². The molecule has 0 radical (unpaired) electrons. The van der Waals surface area contributed by atoms with E-state index in [2.05, 4.69) is 46.6 Å². The van der Waals surface area contributed by atoms with Gasteiger partial charge in [0.15, 0.2) is 0 Å². The molecule has 1 heterocycles. The van der Waals surface area contributed by atoms with Crippen molar-refractivity contribution >= 4 is 11.6 Å². The van der Waals surface area contributed by atoms with Crippen molar-refractivity contribution in [3.05, 3.63) is 11.9 Å². The molecule has 21 heavy (non-hydrogen) atoms. The first-order chi connectivity index (χ1) is 10.1. The van der Waals surface area contributed by atoms with E-state index in [0.717, 1.165) is 31.0 Å². The van der Waals surface area contributed by atoms with Crippen LogP contribution in [0.1, 0.15) is 44.9 Å². The van der Waals surface area contributed by atoms with Gasteiger partial charge >= 0.3 is 0 Å². The van der Waals surface area contributed by atoms with E-state index < -0.39 is 0 Å². The van der Waals surface area contributed by atoms with Gasteiger partial charge in [-0.2, -0.15) is 0 Å². The summed E-state index contributed by atoms with van der Waals surface area (Å²) in [5.41, 5.74) is 2.87. The normalized spacial score (nSPS) is 17.2. The van der Waals surface area contributed by atoms with Crippen molar-refractivity contribution in [3.63, 3.8) is 0 Å². The summed E-state index contributed by atoms with van der Waals surface area (Å²) in [6.45, 7) is 3.03. The average Bonchev–Trinajstić information content (AvgIpc) is 2.95. The minimum atomic E-state index is 0.242. The highest BCUT2D eigenvalue weighted by atomic mass is 15.3. The molecule has 1 fully saturated rings. The zero-order valence-corrected chi connectivity index (χ0v) is 13.4. The van der Waals surface area contributed by atoms with Gasteiger partial charge in [-0.3, -0.25) is 0 Å². The van der Waals surface area contributed by atoms with E-state index in [1.54, 1.807) is 0 Å². The second kappa shape index (κ2) is 7.04. The molecule has 0 aliphatic heterocycles. The summed E-state index contributed by atoms with van der Waals surface area (Å²) < 4.78 is 0. The lowest BCUT2D eigenvalue weighted by molar-refractivity contribution is 0.172. The van der Waals surface area contributed by atoms with Crippen molar-refractivity contribution in [1.29, 1.82) is 0 Å². The van der Waals surface area contributed by atoms with Gasteiger partial charge in [0.25, 0.3) is 0 Å². The Bertz CT molecular complexity index is 453. The Balaban J connectivity index is 2.09. The van der Waals surface area contributed by atoms with Crippen LogP contribution in [0.4, 0.5) is 11.6 Å². The van der Waals surface area contributed by atoms with E-state index in [4.69, 9.17) is 5.84 Å². The van der Waals surface area contributed by atoms with Crippen molar-refractivity contribution < 1.29 is 0 Å². The number of likely N-dealkylation sites (N-methyl/N-ethyl adjacent to an activating group) is 1. The molecule has 0 amide bonds. The van der Waals surface area contributed by atoms with Crippen LogP contribution in [0.5, 0.6) is 0 Å². The Morgan fingerprint density at radius 3 is 2.48 bits per heavy atom. The molecule has 0 bridgehead atoms. The minimum Gasteiger partial charge on any atom is -0.368 e. The molecule has 1 saturated carbocycles. The van der Waals surface area contributed by atoms with Gasteiger partial charge in [0.2, 0.25) is 0 Å². The number of hydrogen-bond donors (Lipinski definition) is 3. The summed E-state index contributed by atoms with van der Waals surface area (Å²) in [5.74, 6) is 7.86. The minimum absolute atomic E-state index is 0.242. The van der Waals surface area contributed by atoms with Crippen LogP contribution in [0.15, 0.2) is 6.07 Å². The van der Waals surface area contributed by atoms with Gasteiger partial charge < -0.3 is 15.6 Å². The number of aromatic nitrogens is 2. The summed E-state index contributed by atoms with van der Waals surface area (Å²) in [4.78, 5) is 11.3. The molecule has 1 aromatic heterocycles. The molecule has 0 spiro atoms. The fourth-order valence-corrected chi connectivity index (χ4v) is 3.07. The van der Waals surface area contributed by atoms with Crippen molar-refractivity contribution in [2.75, 3.05) is 31.4 Å². The molecule has 4 N–H and O–H groups in total. The van der Waals surface area contributed by atoms with E-state index in [9.17, 15) is 0 Å². The smallest absolute Gasteiger partial charge is 0.145 e.